The maximum atomic E-state index is 10.6. The number of benzene rings is 1. The van der Waals surface area contributed by atoms with E-state index >= 15 is 0 Å². The molecule has 1 heterocycles. The van der Waals surface area contributed by atoms with Crippen molar-refractivity contribution in [3.8, 4) is 0 Å². The molecular formula is C12H11BrN2O2S. The van der Waals surface area contributed by atoms with Gasteiger partial charge in [-0.2, -0.15) is 0 Å². The van der Waals surface area contributed by atoms with Crippen LogP contribution in [-0.4, -0.2) is 4.92 Å². The summed E-state index contributed by atoms with van der Waals surface area (Å²) in [6.45, 7) is 2.61. The molecule has 0 amide bonds. The Balaban J connectivity index is 2.04. The van der Waals surface area contributed by atoms with Crippen LogP contribution >= 0.6 is 27.3 Å². The fraction of sp³-hybridized carbons (Fsp3) is 0.167. The number of halogens is 1. The molecule has 0 bridgehead atoms. The highest BCUT2D eigenvalue weighted by Gasteiger charge is 2.09. The zero-order chi connectivity index (χ0) is 13.1. The third kappa shape index (κ3) is 3.08. The van der Waals surface area contributed by atoms with E-state index in [-0.39, 0.29) is 9.92 Å². The molecule has 1 aromatic carbocycles. The van der Waals surface area contributed by atoms with Gasteiger partial charge in [-0.1, -0.05) is 17.4 Å². The first-order chi connectivity index (χ1) is 8.56. The van der Waals surface area contributed by atoms with E-state index < -0.39 is 0 Å². The molecule has 0 saturated carbocycles. The molecule has 1 aromatic heterocycles. The Labute approximate surface area is 117 Å². The SMILES string of the molecule is Cc1ccc(NCc2ccc([N+](=O)[O-])s2)c(Br)c1. The van der Waals surface area contributed by atoms with Crippen molar-refractivity contribution in [3.05, 3.63) is 55.4 Å². The van der Waals surface area contributed by atoms with Crippen LogP contribution in [0.25, 0.3) is 0 Å². The zero-order valence-electron chi connectivity index (χ0n) is 9.64. The van der Waals surface area contributed by atoms with E-state index in [1.54, 1.807) is 6.07 Å². The third-order valence-electron chi connectivity index (χ3n) is 2.41. The van der Waals surface area contributed by atoms with E-state index in [9.17, 15) is 10.1 Å². The number of hydrogen-bond donors (Lipinski definition) is 1. The second-order valence-corrected chi connectivity index (χ2v) is 5.84. The summed E-state index contributed by atoms with van der Waals surface area (Å²) in [5, 5.41) is 14.0. The van der Waals surface area contributed by atoms with E-state index in [1.165, 1.54) is 23.0 Å². The Bertz CT molecular complexity index is 583. The van der Waals surface area contributed by atoms with Crippen LogP contribution in [0.5, 0.6) is 0 Å². The molecule has 4 nitrogen and oxygen atoms in total. The molecule has 6 heteroatoms. The maximum absolute atomic E-state index is 10.6. The van der Waals surface area contributed by atoms with Crippen LogP contribution in [0.2, 0.25) is 0 Å². The number of rotatable bonds is 4. The van der Waals surface area contributed by atoms with Crippen LogP contribution in [0, 0.1) is 17.0 Å². The molecule has 0 aliphatic heterocycles. The summed E-state index contributed by atoms with van der Waals surface area (Å²) in [6.07, 6.45) is 0. The molecule has 0 aliphatic rings. The zero-order valence-corrected chi connectivity index (χ0v) is 12.0. The lowest BCUT2D eigenvalue weighted by atomic mass is 10.2. The minimum Gasteiger partial charge on any atom is -0.379 e. The molecule has 2 rings (SSSR count). The largest absolute Gasteiger partial charge is 0.379 e. The van der Waals surface area contributed by atoms with Gasteiger partial charge in [0, 0.05) is 27.6 Å². The van der Waals surface area contributed by atoms with Crippen LogP contribution in [-0.2, 0) is 6.54 Å². The summed E-state index contributed by atoms with van der Waals surface area (Å²) in [5.74, 6) is 0. The number of anilines is 1. The van der Waals surface area contributed by atoms with Gasteiger partial charge in [-0.3, -0.25) is 10.1 Å². The van der Waals surface area contributed by atoms with Gasteiger partial charge in [0.1, 0.15) is 0 Å². The molecule has 0 saturated heterocycles. The lowest BCUT2D eigenvalue weighted by Crippen LogP contribution is -1.98. The Hall–Kier alpha value is -1.40. The molecule has 1 N–H and O–H groups in total. The topological polar surface area (TPSA) is 55.2 Å². The second-order valence-electron chi connectivity index (χ2n) is 3.83. The van der Waals surface area contributed by atoms with Gasteiger partial charge in [-0.15, -0.1) is 0 Å². The summed E-state index contributed by atoms with van der Waals surface area (Å²) in [5.41, 5.74) is 2.16. The van der Waals surface area contributed by atoms with Crippen molar-refractivity contribution in [3.63, 3.8) is 0 Å². The lowest BCUT2D eigenvalue weighted by molar-refractivity contribution is -0.380. The quantitative estimate of drug-likeness (QED) is 0.671. The van der Waals surface area contributed by atoms with E-state index in [0.717, 1.165) is 15.0 Å². The van der Waals surface area contributed by atoms with Crippen LogP contribution in [0.4, 0.5) is 10.7 Å². The van der Waals surface area contributed by atoms with Gasteiger partial charge in [-0.05, 0) is 46.6 Å². The lowest BCUT2D eigenvalue weighted by Gasteiger charge is -2.07. The van der Waals surface area contributed by atoms with E-state index in [1.807, 2.05) is 25.1 Å². The fourth-order valence-electron chi connectivity index (χ4n) is 1.51. The number of nitrogens with zero attached hydrogens (tertiary/aromatic N) is 1. The predicted molar refractivity (Wildman–Crippen MR) is 77.2 cm³/mol. The molecule has 0 unspecified atom stereocenters. The summed E-state index contributed by atoms with van der Waals surface area (Å²) >= 11 is 4.67. The first-order valence-corrected chi connectivity index (χ1v) is 6.90. The minimum atomic E-state index is -0.365. The first-order valence-electron chi connectivity index (χ1n) is 5.29. The average molecular weight is 327 g/mol. The highest BCUT2D eigenvalue weighted by molar-refractivity contribution is 9.10. The maximum Gasteiger partial charge on any atom is 0.324 e. The summed E-state index contributed by atoms with van der Waals surface area (Å²) in [6, 6.07) is 9.34. The van der Waals surface area contributed by atoms with Gasteiger partial charge in [0.05, 0.1) is 4.92 Å². The summed E-state index contributed by atoms with van der Waals surface area (Å²) in [4.78, 5) is 11.1. The van der Waals surface area contributed by atoms with Gasteiger partial charge in [0.15, 0.2) is 0 Å². The summed E-state index contributed by atoms with van der Waals surface area (Å²) < 4.78 is 0.994. The molecule has 94 valence electrons. The summed E-state index contributed by atoms with van der Waals surface area (Å²) in [7, 11) is 0. The normalized spacial score (nSPS) is 10.3. The molecule has 0 atom stereocenters. The van der Waals surface area contributed by atoms with Gasteiger partial charge in [0.25, 0.3) is 0 Å². The van der Waals surface area contributed by atoms with Crippen molar-refractivity contribution in [2.75, 3.05) is 5.32 Å². The first kappa shape index (κ1) is 13.0. The molecule has 0 radical (unpaired) electrons. The van der Waals surface area contributed by atoms with Crippen molar-refractivity contribution < 1.29 is 4.92 Å². The van der Waals surface area contributed by atoms with Crippen molar-refractivity contribution in [1.82, 2.24) is 0 Å². The van der Waals surface area contributed by atoms with Crippen LogP contribution in [0.3, 0.4) is 0 Å². The van der Waals surface area contributed by atoms with Crippen LogP contribution in [0.15, 0.2) is 34.8 Å². The standard InChI is InChI=1S/C12H11BrN2O2S/c1-8-2-4-11(10(13)6-8)14-7-9-3-5-12(18-9)15(16)17/h2-6,14H,7H2,1H3. The third-order valence-corrected chi connectivity index (χ3v) is 4.10. The van der Waals surface area contributed by atoms with E-state index in [0.29, 0.717) is 6.54 Å². The van der Waals surface area contributed by atoms with Gasteiger partial charge in [0.2, 0.25) is 0 Å². The Morgan fingerprint density at radius 2 is 2.17 bits per heavy atom. The van der Waals surface area contributed by atoms with Crippen molar-refractivity contribution in [2.45, 2.75) is 13.5 Å². The molecule has 0 spiro atoms. The average Bonchev–Trinajstić information content (AvgIpc) is 2.76. The fourth-order valence-corrected chi connectivity index (χ4v) is 2.90. The molecule has 0 aliphatic carbocycles. The Kier molecular flexibility index (Phi) is 3.98. The highest BCUT2D eigenvalue weighted by atomic mass is 79.9. The number of nitrogens with one attached hydrogen (secondary N) is 1. The van der Waals surface area contributed by atoms with Crippen molar-refractivity contribution in [2.24, 2.45) is 0 Å². The smallest absolute Gasteiger partial charge is 0.324 e. The number of nitro groups is 1. The predicted octanol–water partition coefficient (Wildman–Crippen LogP) is 4.34. The monoisotopic (exact) mass is 326 g/mol. The number of thiophene rings is 1. The number of hydrogen-bond acceptors (Lipinski definition) is 4. The van der Waals surface area contributed by atoms with Crippen LogP contribution in [0.1, 0.15) is 10.4 Å². The van der Waals surface area contributed by atoms with Gasteiger partial charge in [-0.25, -0.2) is 0 Å². The number of aryl methyl sites for hydroxylation is 1. The highest BCUT2D eigenvalue weighted by Crippen LogP contribution is 2.27. The molecule has 2 aromatic rings. The molecular weight excluding hydrogens is 316 g/mol. The Morgan fingerprint density at radius 3 is 2.78 bits per heavy atom. The van der Waals surface area contributed by atoms with E-state index in [4.69, 9.17) is 0 Å². The Morgan fingerprint density at radius 1 is 1.39 bits per heavy atom. The van der Waals surface area contributed by atoms with Crippen molar-refractivity contribution in [1.29, 1.82) is 0 Å². The van der Waals surface area contributed by atoms with Gasteiger partial charge >= 0.3 is 5.00 Å². The molecule has 0 fully saturated rings. The second kappa shape index (κ2) is 5.49. The van der Waals surface area contributed by atoms with E-state index in [2.05, 4.69) is 21.2 Å². The van der Waals surface area contributed by atoms with Crippen LogP contribution < -0.4 is 5.32 Å². The molecule has 18 heavy (non-hydrogen) atoms. The van der Waals surface area contributed by atoms with Crippen molar-refractivity contribution >= 4 is 38.0 Å². The van der Waals surface area contributed by atoms with Gasteiger partial charge < -0.3 is 5.32 Å². The minimum absolute atomic E-state index is 0.176.